The molecule has 0 spiro atoms. The number of nitrogens with two attached hydrogens (primary N) is 1. The molecule has 2 atom stereocenters. The third-order valence-electron chi connectivity index (χ3n) is 0.868. The van der Waals surface area contributed by atoms with Gasteiger partial charge < -0.3 is 20.7 Å². The first-order valence-corrected chi connectivity index (χ1v) is 3.13. The van der Waals surface area contributed by atoms with Gasteiger partial charge in [0.2, 0.25) is 0 Å². The van der Waals surface area contributed by atoms with Gasteiger partial charge in [0, 0.05) is 0 Å². The van der Waals surface area contributed by atoms with Gasteiger partial charge in [-0.05, 0) is 6.92 Å². The van der Waals surface area contributed by atoms with Crippen LogP contribution in [0.2, 0.25) is 0 Å². The van der Waals surface area contributed by atoms with Crippen molar-refractivity contribution in [1.29, 1.82) is 0 Å². The highest BCUT2D eigenvalue weighted by molar-refractivity contribution is 5.73. The Morgan fingerprint density at radius 3 is 2.08 bits per heavy atom. The molecule has 0 saturated heterocycles. The number of aldehydes is 1. The summed E-state index contributed by atoms with van der Waals surface area (Å²) in [6.45, 7) is 0.471. The minimum atomic E-state index is -1.18. The summed E-state index contributed by atoms with van der Waals surface area (Å²) in [5, 5.41) is 16.6. The number of carbonyl (C=O) groups excluding carboxylic acids is 1. The van der Waals surface area contributed by atoms with Gasteiger partial charge in [0.1, 0.15) is 12.7 Å². The lowest BCUT2D eigenvalue weighted by atomic mass is 10.2. The molecule has 0 bridgehead atoms. The molecule has 0 heterocycles. The first kappa shape index (κ1) is 13.6. The number of carbonyl (C=O) groups is 2. The summed E-state index contributed by atoms with van der Waals surface area (Å²) in [5.74, 6) is -1.18. The largest absolute Gasteiger partial charge is 0.480 e. The van der Waals surface area contributed by atoms with Crippen LogP contribution in [0.3, 0.4) is 0 Å². The topological polar surface area (TPSA) is 101 Å². The quantitative estimate of drug-likeness (QED) is 0.481. The minimum Gasteiger partial charge on any atom is -0.480 e. The van der Waals surface area contributed by atoms with Gasteiger partial charge in [-0.2, -0.15) is 0 Å². The number of aliphatic hydroxyl groups is 1. The lowest BCUT2D eigenvalue weighted by Crippen LogP contribution is -2.39. The third kappa shape index (κ3) is 8.99. The van der Waals surface area contributed by atoms with Crippen LogP contribution in [-0.4, -0.2) is 41.3 Å². The minimum absolute atomic E-state index is 0.208. The van der Waals surface area contributed by atoms with E-state index in [1.807, 2.05) is 0 Å². The molecule has 0 aromatic rings. The molecular formula is C6H12FNO4. The Bertz CT molecular complexity index is 140. The summed E-state index contributed by atoms with van der Waals surface area (Å²) in [5.41, 5.74) is 4.91. The Hall–Kier alpha value is -1.01. The average molecular weight is 181 g/mol. The Morgan fingerprint density at radius 2 is 2.08 bits per heavy atom. The molecule has 12 heavy (non-hydrogen) atoms. The number of carboxylic acids is 1. The first-order valence-electron chi connectivity index (χ1n) is 3.13. The van der Waals surface area contributed by atoms with Crippen LogP contribution in [0.5, 0.6) is 0 Å². The van der Waals surface area contributed by atoms with Gasteiger partial charge in [0.25, 0.3) is 0 Å². The van der Waals surface area contributed by atoms with E-state index in [-0.39, 0.29) is 6.29 Å². The number of halogens is 1. The van der Waals surface area contributed by atoms with Crippen molar-refractivity contribution in [2.75, 3.05) is 6.67 Å². The van der Waals surface area contributed by atoms with Gasteiger partial charge in [-0.1, -0.05) is 0 Å². The van der Waals surface area contributed by atoms with Gasteiger partial charge in [-0.3, -0.25) is 4.79 Å². The van der Waals surface area contributed by atoms with Crippen LogP contribution >= 0.6 is 0 Å². The van der Waals surface area contributed by atoms with Crippen LogP contribution in [-0.2, 0) is 9.59 Å². The zero-order chi connectivity index (χ0) is 10.1. The molecule has 1 unspecified atom stereocenters. The molecule has 5 nitrogen and oxygen atoms in total. The van der Waals surface area contributed by atoms with E-state index in [1.54, 1.807) is 0 Å². The molecule has 0 aliphatic heterocycles. The standard InChI is InChI=1S/C4H9NO3.C2H3FO/c1-2(6)3(5)4(7)8;3-1-2-4/h2-3,6H,5H2,1H3,(H,7,8);2H,1H2/t2?,3-;/m0./s1. The van der Waals surface area contributed by atoms with E-state index < -0.39 is 24.8 Å². The van der Waals surface area contributed by atoms with Crippen molar-refractivity contribution in [3.05, 3.63) is 0 Å². The molecule has 0 rings (SSSR count). The zero-order valence-corrected chi connectivity index (χ0v) is 6.61. The maximum absolute atomic E-state index is 10.4. The lowest BCUT2D eigenvalue weighted by molar-refractivity contribution is -0.140. The average Bonchev–Trinajstić information content (AvgIpc) is 2.03. The van der Waals surface area contributed by atoms with E-state index in [0.717, 1.165) is 0 Å². The molecular weight excluding hydrogens is 169 g/mol. The molecule has 0 amide bonds. The monoisotopic (exact) mass is 181 g/mol. The first-order chi connectivity index (χ1) is 5.47. The molecule has 0 aliphatic rings. The van der Waals surface area contributed by atoms with Crippen molar-refractivity contribution in [3.8, 4) is 0 Å². The van der Waals surface area contributed by atoms with E-state index in [4.69, 9.17) is 20.7 Å². The maximum atomic E-state index is 10.4. The summed E-state index contributed by atoms with van der Waals surface area (Å²) in [4.78, 5) is 18.7. The summed E-state index contributed by atoms with van der Waals surface area (Å²) in [6, 6.07) is -1.16. The van der Waals surface area contributed by atoms with Crippen molar-refractivity contribution >= 4 is 12.3 Å². The number of hydrogen-bond donors (Lipinski definition) is 3. The van der Waals surface area contributed by atoms with E-state index >= 15 is 0 Å². The summed E-state index contributed by atoms with van der Waals surface area (Å²) in [6.07, 6.45) is -0.771. The highest BCUT2D eigenvalue weighted by Crippen LogP contribution is 1.85. The van der Waals surface area contributed by atoms with Crippen LogP contribution in [0.25, 0.3) is 0 Å². The van der Waals surface area contributed by atoms with Crippen LogP contribution in [0.15, 0.2) is 0 Å². The second-order valence-corrected chi connectivity index (χ2v) is 1.93. The van der Waals surface area contributed by atoms with E-state index in [2.05, 4.69) is 0 Å². The lowest BCUT2D eigenvalue weighted by Gasteiger charge is -2.06. The number of alkyl halides is 1. The summed E-state index contributed by atoms with van der Waals surface area (Å²) < 4.78 is 10.4. The molecule has 4 N–H and O–H groups in total. The number of carboxylic acid groups (broad SMARTS) is 1. The fourth-order valence-corrected chi connectivity index (χ4v) is 0.206. The molecule has 0 saturated carbocycles. The molecule has 6 heteroatoms. The number of hydrogen-bond acceptors (Lipinski definition) is 4. The Labute approximate surface area is 69.0 Å². The Balaban J connectivity index is 0. The van der Waals surface area contributed by atoms with Crippen LogP contribution in [0.1, 0.15) is 6.92 Å². The molecule has 0 radical (unpaired) electrons. The van der Waals surface area contributed by atoms with Gasteiger partial charge >= 0.3 is 5.97 Å². The molecule has 0 aliphatic carbocycles. The van der Waals surface area contributed by atoms with Crippen LogP contribution < -0.4 is 5.73 Å². The van der Waals surface area contributed by atoms with Gasteiger partial charge in [-0.15, -0.1) is 0 Å². The van der Waals surface area contributed by atoms with Crippen molar-refractivity contribution in [2.45, 2.75) is 19.1 Å². The predicted molar refractivity (Wildman–Crippen MR) is 39.3 cm³/mol. The SMILES string of the molecule is CC(O)[C@H](N)C(=O)O.O=CCF. The molecule has 0 aromatic heterocycles. The van der Waals surface area contributed by atoms with Crippen LogP contribution in [0.4, 0.5) is 4.39 Å². The van der Waals surface area contributed by atoms with Gasteiger partial charge in [-0.25, -0.2) is 4.39 Å². The summed E-state index contributed by atoms with van der Waals surface area (Å²) in [7, 11) is 0. The molecule has 0 aromatic carbocycles. The zero-order valence-electron chi connectivity index (χ0n) is 6.61. The summed E-state index contributed by atoms with van der Waals surface area (Å²) >= 11 is 0. The van der Waals surface area contributed by atoms with E-state index in [9.17, 15) is 9.18 Å². The van der Waals surface area contributed by atoms with E-state index in [0.29, 0.717) is 0 Å². The molecule has 0 fully saturated rings. The number of rotatable bonds is 3. The van der Waals surface area contributed by atoms with Crippen molar-refractivity contribution < 1.29 is 24.2 Å². The van der Waals surface area contributed by atoms with E-state index in [1.165, 1.54) is 6.92 Å². The highest BCUT2D eigenvalue weighted by atomic mass is 19.1. The fourth-order valence-electron chi connectivity index (χ4n) is 0.206. The van der Waals surface area contributed by atoms with Crippen molar-refractivity contribution in [2.24, 2.45) is 5.73 Å². The van der Waals surface area contributed by atoms with Crippen molar-refractivity contribution in [1.82, 2.24) is 0 Å². The number of aliphatic carboxylic acids is 1. The highest BCUT2D eigenvalue weighted by Gasteiger charge is 2.16. The van der Waals surface area contributed by atoms with Gasteiger partial charge in [0.15, 0.2) is 6.29 Å². The smallest absolute Gasteiger partial charge is 0.323 e. The third-order valence-corrected chi connectivity index (χ3v) is 0.868. The van der Waals surface area contributed by atoms with Gasteiger partial charge in [0.05, 0.1) is 6.10 Å². The Kier molecular flexibility index (Phi) is 9.15. The van der Waals surface area contributed by atoms with Crippen molar-refractivity contribution in [3.63, 3.8) is 0 Å². The maximum Gasteiger partial charge on any atom is 0.323 e. The second kappa shape index (κ2) is 8.09. The Morgan fingerprint density at radius 1 is 1.75 bits per heavy atom. The second-order valence-electron chi connectivity index (χ2n) is 1.93. The number of aliphatic hydroxyl groups excluding tert-OH is 1. The predicted octanol–water partition coefficient (Wildman–Crippen LogP) is -1.07. The normalized spacial score (nSPS) is 13.7. The molecule has 72 valence electrons. The fraction of sp³-hybridized carbons (Fsp3) is 0.667. The van der Waals surface area contributed by atoms with Crippen LogP contribution in [0, 0.1) is 0 Å².